The highest BCUT2D eigenvalue weighted by molar-refractivity contribution is 5.52. The molecule has 1 aromatic heterocycles. The molecular weight excluding hydrogens is 335 g/mol. The number of hydrogen-bond donors (Lipinski definition) is 1. The highest BCUT2D eigenvalue weighted by Crippen LogP contribution is 2.27. The van der Waals surface area contributed by atoms with Crippen LogP contribution in [-0.4, -0.2) is 25.7 Å². The summed E-state index contributed by atoms with van der Waals surface area (Å²) in [6.45, 7) is 1.47. The molecule has 0 saturated heterocycles. The van der Waals surface area contributed by atoms with Gasteiger partial charge in [-0.2, -0.15) is 0 Å². The topological polar surface area (TPSA) is 56.5 Å². The Labute approximate surface area is 151 Å². The van der Waals surface area contributed by atoms with Crippen molar-refractivity contribution < 1.29 is 18.3 Å². The average molecular weight is 356 g/mol. The molecule has 2 aromatic carbocycles. The van der Waals surface area contributed by atoms with E-state index >= 15 is 0 Å². The number of oxazole rings is 1. The third-order valence-electron chi connectivity index (χ3n) is 3.98. The van der Waals surface area contributed by atoms with Gasteiger partial charge < -0.3 is 19.2 Å². The van der Waals surface area contributed by atoms with Gasteiger partial charge in [0.25, 0.3) is 0 Å². The summed E-state index contributed by atoms with van der Waals surface area (Å²) in [5.41, 5.74) is 2.72. The molecule has 0 aliphatic heterocycles. The van der Waals surface area contributed by atoms with E-state index in [0.717, 1.165) is 29.8 Å². The Kier molecular flexibility index (Phi) is 5.86. The SMILES string of the molecule is COc1ccc(CNCCc2coc(-c3ccc(F)cc3)n2)cc1OC. The first-order valence-electron chi connectivity index (χ1n) is 8.31. The van der Waals surface area contributed by atoms with Crippen molar-refractivity contribution in [2.75, 3.05) is 20.8 Å². The molecule has 26 heavy (non-hydrogen) atoms. The monoisotopic (exact) mass is 356 g/mol. The molecule has 0 fully saturated rings. The van der Waals surface area contributed by atoms with Gasteiger partial charge in [0, 0.05) is 25.1 Å². The van der Waals surface area contributed by atoms with E-state index in [1.807, 2.05) is 18.2 Å². The summed E-state index contributed by atoms with van der Waals surface area (Å²) < 4.78 is 29.0. The summed E-state index contributed by atoms with van der Waals surface area (Å²) in [5.74, 6) is 1.65. The summed E-state index contributed by atoms with van der Waals surface area (Å²) in [6.07, 6.45) is 2.37. The van der Waals surface area contributed by atoms with Crippen molar-refractivity contribution in [3.05, 3.63) is 65.8 Å². The van der Waals surface area contributed by atoms with E-state index in [0.29, 0.717) is 23.9 Å². The molecule has 0 saturated carbocycles. The molecule has 5 nitrogen and oxygen atoms in total. The maximum atomic E-state index is 13.0. The van der Waals surface area contributed by atoms with Gasteiger partial charge in [-0.05, 0) is 42.0 Å². The molecule has 0 aliphatic carbocycles. The van der Waals surface area contributed by atoms with Gasteiger partial charge in [-0.1, -0.05) is 6.07 Å². The number of methoxy groups -OCH3 is 2. The standard InChI is InChI=1S/C20H21FN2O3/c1-24-18-8-3-14(11-19(18)25-2)12-22-10-9-17-13-26-20(23-17)15-4-6-16(21)7-5-15/h3-8,11,13,22H,9-10,12H2,1-2H3. The molecule has 136 valence electrons. The van der Waals surface area contributed by atoms with Gasteiger partial charge in [0.15, 0.2) is 11.5 Å². The van der Waals surface area contributed by atoms with E-state index in [1.54, 1.807) is 32.6 Å². The Balaban J connectivity index is 1.50. The van der Waals surface area contributed by atoms with Crippen LogP contribution in [0.5, 0.6) is 11.5 Å². The fourth-order valence-corrected chi connectivity index (χ4v) is 2.59. The predicted molar refractivity (Wildman–Crippen MR) is 96.9 cm³/mol. The van der Waals surface area contributed by atoms with Crippen LogP contribution in [0, 0.1) is 5.82 Å². The summed E-state index contributed by atoms with van der Waals surface area (Å²) in [4.78, 5) is 4.44. The van der Waals surface area contributed by atoms with Gasteiger partial charge in [0.2, 0.25) is 5.89 Å². The van der Waals surface area contributed by atoms with Crippen LogP contribution in [-0.2, 0) is 13.0 Å². The first kappa shape index (κ1) is 17.9. The normalized spacial score (nSPS) is 10.7. The van der Waals surface area contributed by atoms with Gasteiger partial charge in [-0.15, -0.1) is 0 Å². The molecule has 3 aromatic rings. The Morgan fingerprint density at radius 2 is 1.81 bits per heavy atom. The lowest BCUT2D eigenvalue weighted by Crippen LogP contribution is -2.16. The zero-order chi connectivity index (χ0) is 18.4. The number of benzene rings is 2. The van der Waals surface area contributed by atoms with Crippen LogP contribution in [0.3, 0.4) is 0 Å². The molecule has 3 rings (SSSR count). The summed E-state index contributed by atoms with van der Waals surface area (Å²) in [5, 5.41) is 3.37. The molecule has 0 bridgehead atoms. The molecule has 0 unspecified atom stereocenters. The highest BCUT2D eigenvalue weighted by atomic mass is 19.1. The van der Waals surface area contributed by atoms with Crippen molar-refractivity contribution in [2.45, 2.75) is 13.0 Å². The number of halogens is 1. The number of ether oxygens (including phenoxy) is 2. The van der Waals surface area contributed by atoms with E-state index in [2.05, 4.69) is 10.3 Å². The van der Waals surface area contributed by atoms with E-state index < -0.39 is 0 Å². The number of hydrogen-bond acceptors (Lipinski definition) is 5. The number of nitrogens with one attached hydrogen (secondary N) is 1. The van der Waals surface area contributed by atoms with Gasteiger partial charge in [-0.25, -0.2) is 9.37 Å². The molecular formula is C20H21FN2O3. The Bertz CT molecular complexity index is 847. The molecule has 0 spiro atoms. The molecule has 0 radical (unpaired) electrons. The Hall–Kier alpha value is -2.86. The minimum Gasteiger partial charge on any atom is -0.493 e. The molecule has 0 atom stereocenters. The fraction of sp³-hybridized carbons (Fsp3) is 0.250. The molecule has 1 N–H and O–H groups in total. The summed E-state index contributed by atoms with van der Waals surface area (Å²) in [6, 6.07) is 11.9. The Morgan fingerprint density at radius 3 is 2.54 bits per heavy atom. The Morgan fingerprint density at radius 1 is 1.04 bits per heavy atom. The van der Waals surface area contributed by atoms with Crippen LogP contribution >= 0.6 is 0 Å². The third-order valence-corrected chi connectivity index (χ3v) is 3.98. The van der Waals surface area contributed by atoms with Crippen molar-refractivity contribution in [1.29, 1.82) is 0 Å². The summed E-state index contributed by atoms with van der Waals surface area (Å²) >= 11 is 0. The van der Waals surface area contributed by atoms with Crippen molar-refractivity contribution in [3.8, 4) is 23.0 Å². The zero-order valence-electron chi connectivity index (χ0n) is 14.8. The number of aromatic nitrogens is 1. The number of nitrogens with zero attached hydrogens (tertiary/aromatic N) is 1. The minimum atomic E-state index is -0.278. The van der Waals surface area contributed by atoms with Gasteiger partial charge in [0.1, 0.15) is 12.1 Å². The van der Waals surface area contributed by atoms with Crippen LogP contribution in [0.1, 0.15) is 11.3 Å². The smallest absolute Gasteiger partial charge is 0.226 e. The van der Waals surface area contributed by atoms with Gasteiger partial charge >= 0.3 is 0 Å². The molecule has 6 heteroatoms. The van der Waals surface area contributed by atoms with Gasteiger partial charge in [-0.3, -0.25) is 0 Å². The predicted octanol–water partition coefficient (Wildman–Crippen LogP) is 3.83. The van der Waals surface area contributed by atoms with E-state index in [1.165, 1.54) is 12.1 Å². The second kappa shape index (κ2) is 8.49. The molecule has 0 amide bonds. The van der Waals surface area contributed by atoms with Crippen LogP contribution < -0.4 is 14.8 Å². The lowest BCUT2D eigenvalue weighted by Gasteiger charge is -2.10. The number of rotatable bonds is 8. The van der Waals surface area contributed by atoms with Crippen molar-refractivity contribution in [2.24, 2.45) is 0 Å². The van der Waals surface area contributed by atoms with Crippen molar-refractivity contribution in [1.82, 2.24) is 10.3 Å². The van der Waals surface area contributed by atoms with Crippen molar-refractivity contribution in [3.63, 3.8) is 0 Å². The largest absolute Gasteiger partial charge is 0.493 e. The van der Waals surface area contributed by atoms with E-state index in [-0.39, 0.29) is 5.82 Å². The average Bonchev–Trinajstić information content (AvgIpc) is 3.14. The van der Waals surface area contributed by atoms with Crippen LogP contribution in [0.4, 0.5) is 4.39 Å². The third kappa shape index (κ3) is 4.40. The van der Waals surface area contributed by atoms with Crippen LogP contribution in [0.25, 0.3) is 11.5 Å². The van der Waals surface area contributed by atoms with E-state index in [9.17, 15) is 4.39 Å². The minimum absolute atomic E-state index is 0.278. The fourth-order valence-electron chi connectivity index (χ4n) is 2.59. The van der Waals surface area contributed by atoms with Crippen LogP contribution in [0.15, 0.2) is 53.1 Å². The lowest BCUT2D eigenvalue weighted by atomic mass is 10.2. The molecule has 0 aliphatic rings. The maximum Gasteiger partial charge on any atom is 0.226 e. The lowest BCUT2D eigenvalue weighted by molar-refractivity contribution is 0.354. The molecule has 1 heterocycles. The van der Waals surface area contributed by atoms with Gasteiger partial charge in [0.05, 0.1) is 19.9 Å². The first-order valence-corrected chi connectivity index (χ1v) is 8.31. The van der Waals surface area contributed by atoms with E-state index in [4.69, 9.17) is 13.9 Å². The summed E-state index contributed by atoms with van der Waals surface area (Å²) in [7, 11) is 3.24. The first-order chi connectivity index (χ1) is 12.7. The second-order valence-electron chi connectivity index (χ2n) is 5.77. The zero-order valence-corrected chi connectivity index (χ0v) is 14.8. The second-order valence-corrected chi connectivity index (χ2v) is 5.77. The highest BCUT2D eigenvalue weighted by Gasteiger charge is 2.07. The van der Waals surface area contributed by atoms with Crippen molar-refractivity contribution >= 4 is 0 Å². The van der Waals surface area contributed by atoms with Crippen LogP contribution in [0.2, 0.25) is 0 Å². The quantitative estimate of drug-likeness (QED) is 0.622. The maximum absolute atomic E-state index is 13.0.